The summed E-state index contributed by atoms with van der Waals surface area (Å²) in [5.41, 5.74) is -1.54. The molecule has 1 aromatic rings. The van der Waals surface area contributed by atoms with E-state index in [1.54, 1.807) is 0 Å². The van der Waals surface area contributed by atoms with E-state index >= 15 is 0 Å². The predicted molar refractivity (Wildman–Crippen MR) is 112 cm³/mol. The summed E-state index contributed by atoms with van der Waals surface area (Å²) in [7, 11) is 0. The quantitative estimate of drug-likeness (QED) is 0.308. The normalized spacial score (nSPS) is 13.0. The van der Waals surface area contributed by atoms with Crippen molar-refractivity contribution in [1.82, 2.24) is 0 Å². The Balaban J connectivity index is 2.87. The van der Waals surface area contributed by atoms with Crippen molar-refractivity contribution in [2.75, 3.05) is 13.2 Å². The second-order valence-corrected chi connectivity index (χ2v) is 13.0. The molecule has 6 heteroatoms. The average molecular weight is 401 g/mol. The third kappa shape index (κ3) is 9.75. The van der Waals surface area contributed by atoms with Crippen LogP contribution in [0, 0.1) is 11.8 Å². The highest BCUT2D eigenvalue weighted by Gasteiger charge is 2.26. The van der Waals surface area contributed by atoms with Crippen molar-refractivity contribution >= 4 is 34.8 Å². The Labute approximate surface area is 161 Å². The molecular weight excluding hydrogens is 371 g/mol. The fourth-order valence-electron chi connectivity index (χ4n) is 1.93. The van der Waals surface area contributed by atoms with Crippen LogP contribution in [-0.2, 0) is 25.6 Å². The van der Waals surface area contributed by atoms with E-state index in [4.69, 9.17) is 20.9 Å². The van der Waals surface area contributed by atoms with E-state index in [9.17, 15) is 4.79 Å². The molecule has 1 atom stereocenters. The van der Waals surface area contributed by atoms with Gasteiger partial charge in [0.1, 0.15) is 5.94 Å². The first-order chi connectivity index (χ1) is 11.9. The number of hydrogen-bond donors (Lipinski definition) is 0. The Bertz CT molecular complexity index is 566. The predicted octanol–water partition coefficient (Wildman–Crippen LogP) is 6.20. The first-order valence-corrected chi connectivity index (χ1v) is 12.8. The van der Waals surface area contributed by atoms with Crippen LogP contribution in [-0.4, -0.2) is 19.2 Å². The van der Waals surface area contributed by atoms with Crippen molar-refractivity contribution in [2.24, 2.45) is 11.8 Å². The molecule has 0 amide bonds. The molecule has 0 saturated heterocycles. The molecular formula is C19H29O3PS2. The van der Waals surface area contributed by atoms with E-state index in [-0.39, 0.29) is 5.25 Å². The van der Waals surface area contributed by atoms with Crippen LogP contribution in [0.4, 0.5) is 0 Å². The molecule has 0 aromatic heterocycles. The maximum absolute atomic E-state index is 11.0. The lowest BCUT2D eigenvalue weighted by atomic mass is 10.1. The summed E-state index contributed by atoms with van der Waals surface area (Å²) in [6, 6.07) is 9.81. The Hall–Kier alpha value is -0.410. The molecule has 3 nitrogen and oxygen atoms in total. The largest absolute Gasteiger partial charge is 0.322 e. The van der Waals surface area contributed by atoms with Crippen LogP contribution >= 0.6 is 17.1 Å². The maximum Gasteiger partial charge on any atom is 0.248 e. The molecule has 1 aromatic carbocycles. The minimum absolute atomic E-state index is 0.206. The zero-order chi connectivity index (χ0) is 18.7. The third-order valence-corrected chi connectivity index (χ3v) is 8.87. The van der Waals surface area contributed by atoms with E-state index < -0.39 is 5.69 Å². The summed E-state index contributed by atoms with van der Waals surface area (Å²) in [5.74, 6) is 2.99. The van der Waals surface area contributed by atoms with Crippen molar-refractivity contribution in [2.45, 2.75) is 45.8 Å². The summed E-state index contributed by atoms with van der Waals surface area (Å²) >= 11 is 7.21. The van der Waals surface area contributed by atoms with Crippen LogP contribution in [0.5, 0.6) is 0 Å². The van der Waals surface area contributed by atoms with Crippen LogP contribution in [0.1, 0.15) is 51.3 Å². The van der Waals surface area contributed by atoms with Gasteiger partial charge in [-0.15, -0.1) is 0 Å². The molecule has 0 aliphatic rings. The van der Waals surface area contributed by atoms with Gasteiger partial charge in [0.05, 0.1) is 18.5 Å². The van der Waals surface area contributed by atoms with Gasteiger partial charge in [-0.25, -0.2) is 4.79 Å². The topological polar surface area (TPSA) is 35.5 Å². The van der Waals surface area contributed by atoms with Gasteiger partial charge in [0, 0.05) is 6.08 Å². The molecule has 1 unspecified atom stereocenters. The number of hydrogen-bond acceptors (Lipinski definition) is 5. The molecule has 0 spiro atoms. The van der Waals surface area contributed by atoms with Crippen LogP contribution in [0.15, 0.2) is 36.4 Å². The Morgan fingerprint density at radius 3 is 2.04 bits per heavy atom. The molecule has 140 valence electrons. The highest BCUT2D eigenvalue weighted by molar-refractivity contribution is 8.68. The molecule has 0 fully saturated rings. The smallest absolute Gasteiger partial charge is 0.248 e. The Morgan fingerprint density at radius 1 is 1.08 bits per heavy atom. The Morgan fingerprint density at radius 2 is 1.60 bits per heavy atom. The maximum atomic E-state index is 11.0. The molecule has 0 N–H and O–H groups in total. The van der Waals surface area contributed by atoms with E-state index in [2.05, 4.69) is 27.7 Å². The third-order valence-electron chi connectivity index (χ3n) is 3.48. The van der Waals surface area contributed by atoms with Crippen molar-refractivity contribution in [3.8, 4) is 0 Å². The van der Waals surface area contributed by atoms with Gasteiger partial charge in [0.15, 0.2) is 0 Å². The van der Waals surface area contributed by atoms with E-state index in [0.29, 0.717) is 25.0 Å². The standard InChI is InChI=1S/C19H29O3PS2/c1-16(2)11-14-21-23(24,22-15-12-17(3)4)25-19(10-13-20)18-8-6-5-7-9-18/h5-10,16-17,19H,11-12,14-15H2,1-4H3. The van der Waals surface area contributed by atoms with E-state index in [1.165, 1.54) is 17.5 Å². The van der Waals surface area contributed by atoms with Gasteiger partial charge in [0.25, 0.3) is 0 Å². The number of rotatable bonds is 12. The van der Waals surface area contributed by atoms with Crippen molar-refractivity contribution in [1.29, 1.82) is 0 Å². The van der Waals surface area contributed by atoms with Gasteiger partial charge >= 0.3 is 0 Å². The fourth-order valence-corrected chi connectivity index (χ4v) is 6.93. The first-order valence-electron chi connectivity index (χ1n) is 8.69. The van der Waals surface area contributed by atoms with Gasteiger partial charge in [-0.2, -0.15) is 0 Å². The zero-order valence-corrected chi connectivity index (χ0v) is 18.0. The Kier molecular flexibility index (Phi) is 10.9. The van der Waals surface area contributed by atoms with Crippen LogP contribution in [0.3, 0.4) is 0 Å². The zero-order valence-electron chi connectivity index (χ0n) is 15.5. The lowest BCUT2D eigenvalue weighted by Gasteiger charge is -2.25. The van der Waals surface area contributed by atoms with Gasteiger partial charge in [-0.05, 0) is 42.0 Å². The second kappa shape index (κ2) is 12.1. The SMILES string of the molecule is CC(C)CCOP(=S)(OCCC(C)C)SC(C=C=O)c1ccccc1. The number of carbonyl (C=O) groups excluding carboxylic acids is 1. The van der Waals surface area contributed by atoms with Gasteiger partial charge in [-0.3, -0.25) is 0 Å². The summed E-state index contributed by atoms with van der Waals surface area (Å²) < 4.78 is 12.1. The highest BCUT2D eigenvalue weighted by Crippen LogP contribution is 2.66. The second-order valence-electron chi connectivity index (χ2n) is 6.70. The number of benzene rings is 1. The molecule has 0 bridgehead atoms. The van der Waals surface area contributed by atoms with Crippen LogP contribution in [0.2, 0.25) is 0 Å². The van der Waals surface area contributed by atoms with Crippen molar-refractivity contribution < 1.29 is 13.8 Å². The van der Waals surface area contributed by atoms with Crippen LogP contribution in [0.25, 0.3) is 0 Å². The van der Waals surface area contributed by atoms with Gasteiger partial charge in [0.2, 0.25) is 5.69 Å². The summed E-state index contributed by atoms with van der Waals surface area (Å²) in [4.78, 5) is 11.0. The van der Waals surface area contributed by atoms with Gasteiger partial charge in [-0.1, -0.05) is 69.4 Å². The highest BCUT2D eigenvalue weighted by atomic mass is 32.9. The van der Waals surface area contributed by atoms with Crippen molar-refractivity contribution in [3.63, 3.8) is 0 Å². The summed E-state index contributed by atoms with van der Waals surface area (Å²) in [6.45, 7) is 9.78. The minimum Gasteiger partial charge on any atom is -0.322 e. The lowest BCUT2D eigenvalue weighted by molar-refractivity contribution is 0.237. The molecule has 0 aliphatic heterocycles. The summed E-state index contributed by atoms with van der Waals surface area (Å²) in [5, 5.41) is -0.206. The molecule has 0 radical (unpaired) electrons. The monoisotopic (exact) mass is 400 g/mol. The first kappa shape index (κ1) is 22.6. The van der Waals surface area contributed by atoms with E-state index in [0.717, 1.165) is 18.4 Å². The summed E-state index contributed by atoms with van der Waals surface area (Å²) in [6.07, 6.45) is 3.37. The lowest BCUT2D eigenvalue weighted by Crippen LogP contribution is -2.03. The van der Waals surface area contributed by atoms with Gasteiger partial charge < -0.3 is 9.05 Å². The molecule has 0 aliphatic carbocycles. The van der Waals surface area contributed by atoms with E-state index in [1.807, 2.05) is 36.3 Å². The molecule has 0 saturated carbocycles. The van der Waals surface area contributed by atoms with Crippen molar-refractivity contribution in [3.05, 3.63) is 42.0 Å². The molecule has 0 heterocycles. The van der Waals surface area contributed by atoms with Crippen LogP contribution < -0.4 is 0 Å². The average Bonchev–Trinajstić information content (AvgIpc) is 2.54. The molecule has 1 rings (SSSR count). The minimum atomic E-state index is -2.54. The fraction of sp³-hybridized carbons (Fsp3) is 0.579. The molecule has 25 heavy (non-hydrogen) atoms.